The van der Waals surface area contributed by atoms with Crippen LogP contribution in [0.3, 0.4) is 0 Å². The van der Waals surface area contributed by atoms with Gasteiger partial charge in [0.15, 0.2) is 0 Å². The van der Waals surface area contributed by atoms with Crippen molar-refractivity contribution in [3.63, 3.8) is 0 Å². The summed E-state index contributed by atoms with van der Waals surface area (Å²) < 4.78 is 38.2. The molecule has 13 heteroatoms. The molecule has 0 atom stereocenters. The number of alkyl halides is 3. The van der Waals surface area contributed by atoms with Gasteiger partial charge in [-0.15, -0.1) is 11.3 Å². The van der Waals surface area contributed by atoms with Crippen LogP contribution in [-0.2, 0) is 6.18 Å². The monoisotopic (exact) mass is 409 g/mol. The molecule has 0 aliphatic carbocycles. The number of hydrogen-bond acceptors (Lipinski definition) is 7. The first kappa shape index (κ1) is 22.8. The van der Waals surface area contributed by atoms with E-state index in [1.807, 2.05) is 0 Å². The molecule has 1 heterocycles. The van der Waals surface area contributed by atoms with Crippen LogP contribution in [0, 0.1) is 25.4 Å². The van der Waals surface area contributed by atoms with E-state index in [-0.39, 0.29) is 35.2 Å². The summed E-state index contributed by atoms with van der Waals surface area (Å²) in [6, 6.07) is 8.94. The van der Waals surface area contributed by atoms with Crippen molar-refractivity contribution in [2.45, 2.75) is 6.18 Å². The molecule has 27 heavy (non-hydrogen) atoms. The molecule has 0 aliphatic heterocycles. The fourth-order valence-electron chi connectivity index (χ4n) is 1.95. The standard InChI is InChI=1S/C14H7F3N2O2S.NO3.Na/c15-14(16,17)9-3-1-8(2-4-9)13-18-11-6-5-10(19(20)21)7-12(11)22-13;2-1(3)4;/h1-7H;;/q;-1;+1. The number of benzene rings is 2. The number of rotatable bonds is 2. The molecule has 0 saturated carbocycles. The number of hydrogen-bond donors (Lipinski definition) is 0. The third-order valence-electron chi connectivity index (χ3n) is 3.04. The topological polar surface area (TPSA) is 122 Å². The fourth-order valence-corrected chi connectivity index (χ4v) is 2.96. The predicted octanol–water partition coefficient (Wildman–Crippen LogP) is 1.66. The minimum Gasteiger partial charge on any atom is -0.356 e. The zero-order valence-corrected chi connectivity index (χ0v) is 16.3. The largest absolute Gasteiger partial charge is 1.00 e. The predicted molar refractivity (Wildman–Crippen MR) is 87.1 cm³/mol. The van der Waals surface area contributed by atoms with Crippen molar-refractivity contribution >= 4 is 27.2 Å². The molecule has 0 N–H and O–H groups in total. The summed E-state index contributed by atoms with van der Waals surface area (Å²) in [5, 5.41) is 26.0. The van der Waals surface area contributed by atoms with Gasteiger partial charge in [-0.3, -0.25) is 10.1 Å². The van der Waals surface area contributed by atoms with Crippen LogP contribution in [0.4, 0.5) is 18.9 Å². The van der Waals surface area contributed by atoms with E-state index in [9.17, 15) is 23.3 Å². The molecule has 0 unspecified atom stereocenters. The second kappa shape index (κ2) is 9.08. The summed E-state index contributed by atoms with van der Waals surface area (Å²) in [4.78, 5) is 22.8. The van der Waals surface area contributed by atoms with Crippen molar-refractivity contribution in [3.05, 3.63) is 73.5 Å². The van der Waals surface area contributed by atoms with E-state index in [4.69, 9.17) is 15.3 Å². The van der Waals surface area contributed by atoms with Crippen LogP contribution < -0.4 is 29.6 Å². The molecule has 0 spiro atoms. The van der Waals surface area contributed by atoms with Crippen LogP contribution in [0.2, 0.25) is 0 Å². The maximum atomic E-state index is 12.5. The van der Waals surface area contributed by atoms with Crippen LogP contribution in [0.25, 0.3) is 20.8 Å². The first-order valence-electron chi connectivity index (χ1n) is 6.62. The Morgan fingerprint density at radius 3 is 2.00 bits per heavy atom. The molecule has 3 rings (SSSR count). The maximum Gasteiger partial charge on any atom is 1.00 e. The zero-order valence-electron chi connectivity index (χ0n) is 13.5. The number of aromatic nitrogens is 1. The van der Waals surface area contributed by atoms with Gasteiger partial charge in [0, 0.05) is 17.7 Å². The van der Waals surface area contributed by atoms with Gasteiger partial charge >= 0.3 is 35.7 Å². The Hall–Kier alpha value is -2.28. The molecule has 136 valence electrons. The van der Waals surface area contributed by atoms with Crippen molar-refractivity contribution in [1.82, 2.24) is 4.98 Å². The van der Waals surface area contributed by atoms with E-state index in [1.54, 1.807) is 0 Å². The fraction of sp³-hybridized carbons (Fsp3) is 0.0714. The van der Waals surface area contributed by atoms with Gasteiger partial charge in [-0.1, -0.05) is 12.1 Å². The second-order valence-corrected chi connectivity index (χ2v) is 5.76. The molecule has 0 fully saturated rings. The Bertz CT molecular complexity index is 959. The van der Waals surface area contributed by atoms with Crippen LogP contribution in [0.15, 0.2) is 42.5 Å². The molecule has 3 aromatic rings. The first-order chi connectivity index (χ1) is 12.1. The first-order valence-corrected chi connectivity index (χ1v) is 7.43. The van der Waals surface area contributed by atoms with Crippen LogP contribution in [0.5, 0.6) is 0 Å². The summed E-state index contributed by atoms with van der Waals surface area (Å²) in [6.07, 6.45) is -4.38. The number of non-ortho nitro benzene ring substituents is 1. The third-order valence-corrected chi connectivity index (χ3v) is 4.11. The van der Waals surface area contributed by atoms with Gasteiger partial charge in [-0.2, -0.15) is 13.2 Å². The molecule has 0 bridgehead atoms. The van der Waals surface area contributed by atoms with Crippen LogP contribution in [-0.4, -0.2) is 15.0 Å². The van der Waals surface area contributed by atoms with Crippen molar-refractivity contribution in [1.29, 1.82) is 0 Å². The molecule has 1 aromatic heterocycles. The van der Waals surface area contributed by atoms with E-state index in [0.29, 0.717) is 20.8 Å². The van der Waals surface area contributed by atoms with E-state index in [1.165, 1.54) is 41.7 Å². The molecule has 0 saturated heterocycles. The van der Waals surface area contributed by atoms with Crippen molar-refractivity contribution < 1.29 is 52.7 Å². The molecule has 0 radical (unpaired) electrons. The summed E-state index contributed by atoms with van der Waals surface area (Å²) >= 11 is 1.20. The quantitative estimate of drug-likeness (QED) is 0.360. The van der Waals surface area contributed by atoms with Gasteiger partial charge in [0.05, 0.1) is 25.8 Å². The van der Waals surface area contributed by atoms with Crippen LogP contribution in [0.1, 0.15) is 5.56 Å². The molecular weight excluding hydrogens is 402 g/mol. The number of halogens is 3. The number of nitro groups is 1. The molecule has 8 nitrogen and oxygen atoms in total. The summed E-state index contributed by atoms with van der Waals surface area (Å²) in [6.45, 7) is 0. The minimum absolute atomic E-state index is 0. The zero-order chi connectivity index (χ0) is 19.5. The van der Waals surface area contributed by atoms with E-state index >= 15 is 0 Å². The molecular formula is C14H7F3N3NaO5S. The number of nitrogens with zero attached hydrogens (tertiary/aromatic N) is 3. The Morgan fingerprint density at radius 2 is 1.52 bits per heavy atom. The summed E-state index contributed by atoms with van der Waals surface area (Å²) in [5.41, 5.74) is 0.338. The Morgan fingerprint density at radius 1 is 0.963 bits per heavy atom. The van der Waals surface area contributed by atoms with Crippen LogP contribution >= 0.6 is 11.3 Å². The number of nitro benzene ring substituents is 1. The number of fused-ring (bicyclic) bond motifs is 1. The van der Waals surface area contributed by atoms with Crippen molar-refractivity contribution in [2.24, 2.45) is 0 Å². The smallest absolute Gasteiger partial charge is 0.356 e. The number of thiazole rings is 1. The van der Waals surface area contributed by atoms with Crippen molar-refractivity contribution in [3.8, 4) is 10.6 Å². The normalized spacial score (nSPS) is 10.5. The average molecular weight is 409 g/mol. The van der Waals surface area contributed by atoms with Gasteiger partial charge in [-0.05, 0) is 18.2 Å². The van der Waals surface area contributed by atoms with E-state index in [2.05, 4.69) is 4.98 Å². The Balaban J connectivity index is 0.000000666. The van der Waals surface area contributed by atoms with Gasteiger partial charge in [0.1, 0.15) is 5.01 Å². The molecule has 0 aliphatic rings. The molecule has 2 aromatic carbocycles. The second-order valence-electron chi connectivity index (χ2n) is 4.73. The van der Waals surface area contributed by atoms with E-state index in [0.717, 1.165) is 12.1 Å². The van der Waals surface area contributed by atoms with E-state index < -0.39 is 21.7 Å². The minimum atomic E-state index is -4.38. The Labute approximate surface area is 174 Å². The maximum absolute atomic E-state index is 12.5. The van der Waals surface area contributed by atoms with Gasteiger partial charge in [-0.25, -0.2) is 4.98 Å². The summed E-state index contributed by atoms with van der Waals surface area (Å²) in [7, 11) is 0. The van der Waals surface area contributed by atoms with Crippen molar-refractivity contribution in [2.75, 3.05) is 0 Å². The summed E-state index contributed by atoms with van der Waals surface area (Å²) in [5.74, 6) is 0. The molecule has 0 amide bonds. The van der Waals surface area contributed by atoms with Gasteiger partial charge < -0.3 is 15.3 Å². The average Bonchev–Trinajstić information content (AvgIpc) is 2.96. The SMILES string of the molecule is O=[N+]([O-])[O-].O=[N+]([O-])c1ccc2nc(-c3ccc(C(F)(F)F)cc3)sc2c1.[Na+]. The van der Waals surface area contributed by atoms with Gasteiger partial charge in [0.25, 0.3) is 5.69 Å². The third kappa shape index (κ3) is 6.13. The van der Waals surface area contributed by atoms with Gasteiger partial charge in [0.2, 0.25) is 0 Å². The Kier molecular flexibility index (Phi) is 7.65.